The molecule has 104 valence electrons. The summed E-state index contributed by atoms with van der Waals surface area (Å²) in [6, 6.07) is 11.7. The maximum atomic E-state index is 8.77. The number of nitrogens with zero attached hydrogens (tertiary/aromatic N) is 1. The first-order valence-corrected chi connectivity index (χ1v) is 7.39. The van der Waals surface area contributed by atoms with Crippen LogP contribution in [-0.2, 0) is 6.61 Å². The average Bonchev–Trinajstić information content (AvgIpc) is 2.98. The normalized spacial score (nSPS) is 10.1. The Morgan fingerprint density at radius 3 is 3.05 bits per heavy atom. The predicted octanol–water partition coefficient (Wildman–Crippen LogP) is 3.22. The van der Waals surface area contributed by atoms with E-state index in [1.165, 1.54) is 0 Å². The van der Waals surface area contributed by atoms with Gasteiger partial charge in [-0.25, -0.2) is 0 Å². The van der Waals surface area contributed by atoms with E-state index in [1.54, 1.807) is 17.5 Å². The average molecular weight is 295 g/mol. The van der Waals surface area contributed by atoms with Gasteiger partial charge in [-0.2, -0.15) is 0 Å². The highest BCUT2D eigenvalue weighted by molar-refractivity contribution is 7.10. The fourth-order valence-electron chi connectivity index (χ4n) is 2.04. The van der Waals surface area contributed by atoms with E-state index in [0.29, 0.717) is 6.61 Å². The lowest BCUT2D eigenvalue weighted by Gasteiger charge is -2.08. The van der Waals surface area contributed by atoms with Gasteiger partial charge in [0.2, 0.25) is 0 Å². The Morgan fingerprint density at radius 1 is 1.19 bits per heavy atom. The van der Waals surface area contributed by atoms with Crippen LogP contribution < -0.4 is 4.74 Å². The molecule has 0 bridgehead atoms. The van der Waals surface area contributed by atoms with E-state index in [-0.39, 0.29) is 6.61 Å². The van der Waals surface area contributed by atoms with E-state index in [0.717, 1.165) is 27.1 Å². The first-order valence-electron chi connectivity index (χ1n) is 6.51. The molecule has 0 spiro atoms. The van der Waals surface area contributed by atoms with Crippen molar-refractivity contribution in [2.24, 2.45) is 0 Å². The molecule has 21 heavy (non-hydrogen) atoms. The van der Waals surface area contributed by atoms with Gasteiger partial charge in [0.15, 0.2) is 0 Å². The maximum Gasteiger partial charge on any atom is 0.129 e. The lowest BCUT2D eigenvalue weighted by atomic mass is 10.2. The third-order valence-corrected chi connectivity index (χ3v) is 3.91. The minimum absolute atomic E-state index is 0.134. The SMILES string of the molecule is OCC#Cc1ccsc1COc1cccc2ncccc12. The molecule has 0 fully saturated rings. The van der Waals surface area contributed by atoms with E-state index in [4.69, 9.17) is 9.84 Å². The Balaban J connectivity index is 1.83. The zero-order valence-corrected chi connectivity index (χ0v) is 12.1. The second-order valence-corrected chi connectivity index (χ2v) is 5.33. The van der Waals surface area contributed by atoms with E-state index in [9.17, 15) is 0 Å². The summed E-state index contributed by atoms with van der Waals surface area (Å²) in [5.74, 6) is 6.41. The fraction of sp³-hybridized carbons (Fsp3) is 0.118. The van der Waals surface area contributed by atoms with Crippen molar-refractivity contribution in [2.45, 2.75) is 6.61 Å². The molecule has 0 aliphatic heterocycles. The van der Waals surface area contributed by atoms with Gasteiger partial charge in [0.1, 0.15) is 19.0 Å². The Labute approximate surface area is 126 Å². The predicted molar refractivity (Wildman–Crippen MR) is 84.4 cm³/mol. The highest BCUT2D eigenvalue weighted by Gasteiger charge is 2.06. The molecular weight excluding hydrogens is 282 g/mol. The van der Waals surface area contributed by atoms with Crippen LogP contribution in [0.4, 0.5) is 0 Å². The highest BCUT2D eigenvalue weighted by atomic mass is 32.1. The van der Waals surface area contributed by atoms with E-state index in [1.807, 2.05) is 41.8 Å². The van der Waals surface area contributed by atoms with Crippen LogP contribution in [0.2, 0.25) is 0 Å². The zero-order chi connectivity index (χ0) is 14.5. The number of thiophene rings is 1. The second-order valence-electron chi connectivity index (χ2n) is 4.33. The van der Waals surface area contributed by atoms with Crippen LogP contribution >= 0.6 is 11.3 Å². The van der Waals surface area contributed by atoms with Crippen molar-refractivity contribution < 1.29 is 9.84 Å². The van der Waals surface area contributed by atoms with Crippen molar-refractivity contribution in [3.8, 4) is 17.6 Å². The minimum atomic E-state index is -0.134. The summed E-state index contributed by atoms with van der Waals surface area (Å²) >= 11 is 1.60. The van der Waals surface area contributed by atoms with Gasteiger partial charge in [-0.1, -0.05) is 17.9 Å². The van der Waals surface area contributed by atoms with Gasteiger partial charge in [0, 0.05) is 17.1 Å². The molecule has 2 heterocycles. The van der Waals surface area contributed by atoms with Crippen molar-refractivity contribution in [3.05, 3.63) is 58.4 Å². The van der Waals surface area contributed by atoms with Crippen molar-refractivity contribution in [1.82, 2.24) is 4.98 Å². The third-order valence-electron chi connectivity index (χ3n) is 3.01. The molecule has 3 nitrogen and oxygen atoms in total. The molecule has 0 amide bonds. The number of fused-ring (bicyclic) bond motifs is 1. The molecule has 0 saturated carbocycles. The number of aliphatic hydroxyl groups excluding tert-OH is 1. The highest BCUT2D eigenvalue weighted by Crippen LogP contribution is 2.26. The number of rotatable bonds is 3. The van der Waals surface area contributed by atoms with Crippen LogP contribution in [0.15, 0.2) is 48.0 Å². The summed E-state index contributed by atoms with van der Waals surface area (Å²) in [5, 5.41) is 11.8. The van der Waals surface area contributed by atoms with Gasteiger partial charge in [-0.3, -0.25) is 4.98 Å². The molecule has 1 N–H and O–H groups in total. The number of pyridine rings is 1. The van der Waals surface area contributed by atoms with Crippen LogP contribution in [-0.4, -0.2) is 16.7 Å². The zero-order valence-electron chi connectivity index (χ0n) is 11.2. The lowest BCUT2D eigenvalue weighted by Crippen LogP contribution is -1.96. The Morgan fingerprint density at radius 2 is 2.14 bits per heavy atom. The Kier molecular flexibility index (Phi) is 4.15. The molecule has 0 unspecified atom stereocenters. The van der Waals surface area contributed by atoms with Gasteiger partial charge in [-0.05, 0) is 35.7 Å². The molecular formula is C17H13NO2S. The van der Waals surface area contributed by atoms with E-state index < -0.39 is 0 Å². The van der Waals surface area contributed by atoms with E-state index in [2.05, 4.69) is 16.8 Å². The molecule has 3 rings (SSSR count). The van der Waals surface area contributed by atoms with Gasteiger partial charge >= 0.3 is 0 Å². The van der Waals surface area contributed by atoms with Crippen LogP contribution in [0.5, 0.6) is 5.75 Å². The van der Waals surface area contributed by atoms with Gasteiger partial charge in [0.05, 0.1) is 10.4 Å². The molecule has 3 aromatic rings. The lowest BCUT2D eigenvalue weighted by molar-refractivity contribution is 0.313. The number of hydrogen-bond acceptors (Lipinski definition) is 4. The summed E-state index contributed by atoms with van der Waals surface area (Å²) in [5.41, 5.74) is 1.83. The molecule has 0 aliphatic carbocycles. The molecule has 4 heteroatoms. The summed E-state index contributed by atoms with van der Waals surface area (Å²) in [7, 11) is 0. The molecule has 0 atom stereocenters. The van der Waals surface area contributed by atoms with Gasteiger partial charge in [-0.15, -0.1) is 11.3 Å². The Hall–Kier alpha value is -2.35. The van der Waals surface area contributed by atoms with Crippen molar-refractivity contribution in [1.29, 1.82) is 0 Å². The van der Waals surface area contributed by atoms with Crippen molar-refractivity contribution in [2.75, 3.05) is 6.61 Å². The number of aromatic nitrogens is 1. The third kappa shape index (κ3) is 3.05. The summed E-state index contributed by atoms with van der Waals surface area (Å²) in [6.45, 7) is 0.326. The van der Waals surface area contributed by atoms with Gasteiger partial charge in [0.25, 0.3) is 0 Å². The maximum absolute atomic E-state index is 8.77. The summed E-state index contributed by atoms with van der Waals surface area (Å²) < 4.78 is 5.92. The topological polar surface area (TPSA) is 42.4 Å². The smallest absolute Gasteiger partial charge is 0.129 e. The van der Waals surface area contributed by atoms with Crippen molar-refractivity contribution in [3.63, 3.8) is 0 Å². The molecule has 2 aromatic heterocycles. The van der Waals surface area contributed by atoms with Crippen LogP contribution in [0.25, 0.3) is 10.9 Å². The quantitative estimate of drug-likeness (QED) is 0.754. The monoisotopic (exact) mass is 295 g/mol. The van der Waals surface area contributed by atoms with Crippen molar-refractivity contribution >= 4 is 22.2 Å². The second kappa shape index (κ2) is 6.40. The number of aliphatic hydroxyl groups is 1. The number of ether oxygens (including phenoxy) is 1. The summed E-state index contributed by atoms with van der Waals surface area (Å²) in [4.78, 5) is 5.37. The first kappa shape index (κ1) is 13.6. The number of hydrogen-bond donors (Lipinski definition) is 1. The standard InChI is InChI=1S/C17H13NO2S/c19-10-3-4-13-8-11-21-17(13)12-20-16-7-1-6-15-14(16)5-2-9-18-15/h1-2,5-9,11,19H,10,12H2. The van der Waals surface area contributed by atoms with Crippen LogP contribution in [0.1, 0.15) is 10.4 Å². The first-order chi connectivity index (χ1) is 10.4. The summed E-state index contributed by atoms with van der Waals surface area (Å²) in [6.07, 6.45) is 1.77. The van der Waals surface area contributed by atoms with E-state index >= 15 is 0 Å². The number of benzene rings is 1. The molecule has 0 saturated heterocycles. The minimum Gasteiger partial charge on any atom is -0.487 e. The Bertz CT molecular complexity index is 809. The van der Waals surface area contributed by atoms with Crippen LogP contribution in [0.3, 0.4) is 0 Å². The van der Waals surface area contributed by atoms with Gasteiger partial charge < -0.3 is 9.84 Å². The van der Waals surface area contributed by atoms with Crippen LogP contribution in [0, 0.1) is 11.8 Å². The largest absolute Gasteiger partial charge is 0.487 e. The molecule has 0 radical (unpaired) electrons. The fourth-order valence-corrected chi connectivity index (χ4v) is 2.78. The molecule has 1 aromatic carbocycles. The molecule has 0 aliphatic rings.